The van der Waals surface area contributed by atoms with Crippen LogP contribution in [0.2, 0.25) is 0 Å². The van der Waals surface area contributed by atoms with Gasteiger partial charge in [-0.25, -0.2) is 17.5 Å². The molecule has 0 radical (unpaired) electrons. The smallest absolute Gasteiger partial charge is 0.241 e. The lowest BCUT2D eigenvalue weighted by atomic mass is 10.2. The molecule has 0 aromatic heterocycles. The van der Waals surface area contributed by atoms with Gasteiger partial charge >= 0.3 is 0 Å². The van der Waals surface area contributed by atoms with Crippen molar-refractivity contribution in [2.45, 2.75) is 11.4 Å². The Balaban J connectivity index is 2.19. The Morgan fingerprint density at radius 1 is 1.20 bits per heavy atom. The van der Waals surface area contributed by atoms with Crippen LogP contribution in [-0.4, -0.2) is 8.42 Å². The molecule has 3 N–H and O–H groups in total. The quantitative estimate of drug-likeness (QED) is 0.825. The summed E-state index contributed by atoms with van der Waals surface area (Å²) in [5.41, 5.74) is 6.93. The van der Waals surface area contributed by atoms with Crippen LogP contribution in [0.5, 0.6) is 0 Å². The van der Waals surface area contributed by atoms with Crippen molar-refractivity contribution >= 4 is 31.6 Å². The fraction of sp³-hybridized carbons (Fsp3) is 0.0769. The number of halogens is 2. The molecule has 0 bridgehead atoms. The van der Waals surface area contributed by atoms with Crippen LogP contribution in [0.4, 0.5) is 10.1 Å². The van der Waals surface area contributed by atoms with Crippen LogP contribution >= 0.6 is 15.9 Å². The second kappa shape index (κ2) is 5.90. The fourth-order valence-corrected chi connectivity index (χ4v) is 3.72. The standard InChI is InChI=1S/C13H12BrFN2O2S/c14-12-7-10(15)4-5-13(12)20(18,19)17-8-9-2-1-3-11(16)6-9/h1-7,17H,8,16H2. The molecule has 106 valence electrons. The van der Waals surface area contributed by atoms with Gasteiger partial charge in [-0.1, -0.05) is 12.1 Å². The summed E-state index contributed by atoms with van der Waals surface area (Å²) >= 11 is 3.04. The lowest BCUT2D eigenvalue weighted by molar-refractivity contribution is 0.579. The SMILES string of the molecule is Nc1cccc(CNS(=O)(=O)c2ccc(F)cc2Br)c1. The summed E-state index contributed by atoms with van der Waals surface area (Å²) in [4.78, 5) is -0.0113. The van der Waals surface area contributed by atoms with Gasteiger partial charge in [0.05, 0.1) is 4.90 Å². The van der Waals surface area contributed by atoms with Crippen molar-refractivity contribution in [3.8, 4) is 0 Å². The maximum atomic E-state index is 13.0. The summed E-state index contributed by atoms with van der Waals surface area (Å²) in [7, 11) is -3.72. The van der Waals surface area contributed by atoms with Gasteiger partial charge in [-0.3, -0.25) is 0 Å². The van der Waals surface area contributed by atoms with Gasteiger partial charge in [0.15, 0.2) is 0 Å². The monoisotopic (exact) mass is 358 g/mol. The van der Waals surface area contributed by atoms with E-state index in [1.165, 1.54) is 6.07 Å². The van der Waals surface area contributed by atoms with Gasteiger partial charge in [0.25, 0.3) is 0 Å². The van der Waals surface area contributed by atoms with E-state index < -0.39 is 15.8 Å². The molecule has 2 rings (SSSR count). The first-order valence-corrected chi connectivity index (χ1v) is 7.95. The van der Waals surface area contributed by atoms with Gasteiger partial charge in [-0.2, -0.15) is 0 Å². The maximum Gasteiger partial charge on any atom is 0.241 e. The number of hydrogen-bond donors (Lipinski definition) is 2. The van der Waals surface area contributed by atoms with Gasteiger partial charge in [-0.05, 0) is 51.8 Å². The molecule has 0 unspecified atom stereocenters. The van der Waals surface area contributed by atoms with Crippen molar-refractivity contribution < 1.29 is 12.8 Å². The molecule has 7 heteroatoms. The highest BCUT2D eigenvalue weighted by molar-refractivity contribution is 9.10. The molecule has 0 saturated carbocycles. The summed E-state index contributed by atoms with van der Waals surface area (Å²) in [5.74, 6) is -0.508. The Labute approximate surface area is 125 Å². The van der Waals surface area contributed by atoms with E-state index in [9.17, 15) is 12.8 Å². The first kappa shape index (κ1) is 15.0. The number of benzene rings is 2. The van der Waals surface area contributed by atoms with Gasteiger partial charge in [0.2, 0.25) is 10.0 Å². The molecule has 2 aromatic rings. The highest BCUT2D eigenvalue weighted by Gasteiger charge is 2.17. The minimum absolute atomic E-state index is 0.0113. The van der Waals surface area contributed by atoms with Crippen LogP contribution in [0.1, 0.15) is 5.56 Å². The minimum Gasteiger partial charge on any atom is -0.399 e. The number of rotatable bonds is 4. The zero-order chi connectivity index (χ0) is 14.8. The summed E-state index contributed by atoms with van der Waals surface area (Å²) in [6, 6.07) is 10.3. The fourth-order valence-electron chi connectivity index (χ4n) is 1.65. The average Bonchev–Trinajstić information content (AvgIpc) is 2.36. The van der Waals surface area contributed by atoms with Crippen LogP contribution in [-0.2, 0) is 16.6 Å². The normalized spacial score (nSPS) is 11.5. The molecule has 0 aliphatic heterocycles. The van der Waals surface area contributed by atoms with Crippen molar-refractivity contribution in [3.05, 3.63) is 58.3 Å². The molecule has 0 atom stereocenters. The Bertz CT molecular complexity index is 735. The summed E-state index contributed by atoms with van der Waals surface area (Å²) < 4.78 is 39.8. The number of sulfonamides is 1. The topological polar surface area (TPSA) is 72.2 Å². The molecule has 0 fully saturated rings. The number of anilines is 1. The predicted molar refractivity (Wildman–Crippen MR) is 79.0 cm³/mol. The lowest BCUT2D eigenvalue weighted by Crippen LogP contribution is -2.23. The maximum absolute atomic E-state index is 13.0. The molecule has 0 spiro atoms. The van der Waals surface area contributed by atoms with Crippen LogP contribution in [0.15, 0.2) is 51.8 Å². The molecule has 0 saturated heterocycles. The van der Waals surface area contributed by atoms with E-state index >= 15 is 0 Å². The van der Waals surface area contributed by atoms with Crippen LogP contribution in [0, 0.1) is 5.82 Å². The summed E-state index contributed by atoms with van der Waals surface area (Å²) in [6.07, 6.45) is 0. The van der Waals surface area contributed by atoms with Crippen molar-refractivity contribution in [1.82, 2.24) is 4.72 Å². The second-order valence-electron chi connectivity index (χ2n) is 4.14. The highest BCUT2D eigenvalue weighted by atomic mass is 79.9. The second-order valence-corrected chi connectivity index (χ2v) is 6.73. The van der Waals surface area contributed by atoms with Crippen LogP contribution in [0.3, 0.4) is 0 Å². The molecule has 0 aliphatic rings. The van der Waals surface area contributed by atoms with Crippen molar-refractivity contribution in [2.75, 3.05) is 5.73 Å². The van der Waals surface area contributed by atoms with E-state index in [4.69, 9.17) is 5.73 Å². The zero-order valence-corrected chi connectivity index (χ0v) is 12.7. The van der Waals surface area contributed by atoms with Crippen LogP contribution in [0.25, 0.3) is 0 Å². The molecule has 20 heavy (non-hydrogen) atoms. The Kier molecular flexibility index (Phi) is 4.42. The van der Waals surface area contributed by atoms with Gasteiger partial charge in [0, 0.05) is 16.7 Å². The highest BCUT2D eigenvalue weighted by Crippen LogP contribution is 2.22. The molecule has 4 nitrogen and oxygen atoms in total. The summed E-state index contributed by atoms with van der Waals surface area (Å²) in [5, 5.41) is 0. The van der Waals surface area contributed by atoms with E-state index in [2.05, 4.69) is 20.7 Å². The number of nitrogen functional groups attached to an aromatic ring is 1. The van der Waals surface area contributed by atoms with Crippen molar-refractivity contribution in [1.29, 1.82) is 0 Å². The minimum atomic E-state index is -3.72. The Morgan fingerprint density at radius 2 is 1.95 bits per heavy atom. The number of hydrogen-bond acceptors (Lipinski definition) is 3. The zero-order valence-electron chi connectivity index (χ0n) is 10.3. The van der Waals surface area contributed by atoms with Crippen LogP contribution < -0.4 is 10.5 Å². The number of nitrogens with two attached hydrogens (primary N) is 1. The van der Waals surface area contributed by atoms with E-state index in [1.807, 2.05) is 0 Å². The molecule has 2 aromatic carbocycles. The lowest BCUT2D eigenvalue weighted by Gasteiger charge is -2.09. The molecule has 0 aliphatic carbocycles. The third-order valence-electron chi connectivity index (χ3n) is 2.60. The van der Waals surface area contributed by atoms with E-state index in [1.54, 1.807) is 24.3 Å². The third kappa shape index (κ3) is 3.56. The Morgan fingerprint density at radius 3 is 2.60 bits per heavy atom. The van der Waals surface area contributed by atoms with Gasteiger partial charge in [-0.15, -0.1) is 0 Å². The largest absolute Gasteiger partial charge is 0.399 e. The van der Waals surface area contributed by atoms with Gasteiger partial charge in [0.1, 0.15) is 5.82 Å². The molecular formula is C13H12BrFN2O2S. The van der Waals surface area contributed by atoms with Crippen molar-refractivity contribution in [3.63, 3.8) is 0 Å². The van der Waals surface area contributed by atoms with Gasteiger partial charge < -0.3 is 5.73 Å². The number of nitrogens with one attached hydrogen (secondary N) is 1. The summed E-state index contributed by atoms with van der Waals surface area (Å²) in [6.45, 7) is 0.108. The Hall–Kier alpha value is -1.44. The van der Waals surface area contributed by atoms with Crippen molar-refractivity contribution in [2.24, 2.45) is 0 Å². The molecule has 0 heterocycles. The first-order valence-electron chi connectivity index (χ1n) is 5.67. The first-order chi connectivity index (χ1) is 9.38. The van der Waals surface area contributed by atoms with E-state index in [0.717, 1.165) is 17.7 Å². The predicted octanol–water partition coefficient (Wildman–Crippen LogP) is 2.65. The van der Waals surface area contributed by atoms with E-state index in [-0.39, 0.29) is 15.9 Å². The van der Waals surface area contributed by atoms with E-state index in [0.29, 0.717) is 5.69 Å². The molecular weight excluding hydrogens is 347 g/mol. The molecule has 0 amide bonds. The third-order valence-corrected chi connectivity index (χ3v) is 4.98. The average molecular weight is 359 g/mol.